The second-order valence-corrected chi connectivity index (χ2v) is 7.67. The van der Waals surface area contributed by atoms with Crippen LogP contribution in [0.3, 0.4) is 0 Å². The number of nitrogens with one attached hydrogen (secondary N) is 2. The monoisotopic (exact) mass is 415 g/mol. The molecular formula is C21H17N7OS. The summed E-state index contributed by atoms with van der Waals surface area (Å²) in [4.78, 5) is 22.4. The third-order valence-electron chi connectivity index (χ3n) is 4.82. The van der Waals surface area contributed by atoms with Crippen molar-refractivity contribution in [3.05, 3.63) is 65.4 Å². The molecule has 8 nitrogen and oxygen atoms in total. The van der Waals surface area contributed by atoms with Gasteiger partial charge in [-0.2, -0.15) is 10.2 Å². The highest BCUT2D eigenvalue weighted by molar-refractivity contribution is 7.13. The molecule has 0 unspecified atom stereocenters. The van der Waals surface area contributed by atoms with Gasteiger partial charge in [0.25, 0.3) is 5.91 Å². The van der Waals surface area contributed by atoms with Crippen molar-refractivity contribution >= 4 is 34.0 Å². The van der Waals surface area contributed by atoms with Gasteiger partial charge in [-0.05, 0) is 13.0 Å². The van der Waals surface area contributed by atoms with Gasteiger partial charge in [0, 0.05) is 24.2 Å². The van der Waals surface area contributed by atoms with E-state index in [1.165, 1.54) is 11.3 Å². The molecule has 30 heavy (non-hydrogen) atoms. The molecular weight excluding hydrogens is 398 g/mol. The van der Waals surface area contributed by atoms with Crippen molar-refractivity contribution in [2.75, 3.05) is 5.32 Å². The third-order valence-corrected chi connectivity index (χ3v) is 5.61. The second-order valence-electron chi connectivity index (χ2n) is 6.78. The summed E-state index contributed by atoms with van der Waals surface area (Å²) in [6.45, 7) is 1.88. The molecule has 0 saturated heterocycles. The molecule has 4 aromatic heterocycles. The van der Waals surface area contributed by atoms with Gasteiger partial charge >= 0.3 is 0 Å². The highest BCUT2D eigenvalue weighted by Crippen LogP contribution is 2.30. The number of rotatable bonds is 4. The molecule has 0 aliphatic rings. The number of carbonyl (C=O) groups is 1. The lowest BCUT2D eigenvalue weighted by Gasteiger charge is -2.09. The van der Waals surface area contributed by atoms with Crippen molar-refractivity contribution in [2.45, 2.75) is 6.92 Å². The first-order valence-electron chi connectivity index (χ1n) is 9.26. The SMILES string of the molecule is Cc1nn(C)c2nc(-c3ccccc3)cc(C(=O)Nc3cn[nH]c3-c3nccs3)c12. The first kappa shape index (κ1) is 18.2. The van der Waals surface area contributed by atoms with Gasteiger partial charge in [0.1, 0.15) is 10.7 Å². The Balaban J connectivity index is 1.62. The molecule has 4 heterocycles. The van der Waals surface area contributed by atoms with Crippen LogP contribution in [-0.2, 0) is 7.05 Å². The predicted octanol–water partition coefficient (Wildman–Crippen LogP) is 4.04. The number of hydrogen-bond acceptors (Lipinski definition) is 6. The average molecular weight is 415 g/mol. The van der Waals surface area contributed by atoms with Gasteiger partial charge in [0.2, 0.25) is 0 Å². The first-order chi connectivity index (χ1) is 14.6. The number of benzene rings is 1. The van der Waals surface area contributed by atoms with E-state index in [1.807, 2.05) is 55.7 Å². The predicted molar refractivity (Wildman–Crippen MR) is 116 cm³/mol. The minimum absolute atomic E-state index is 0.255. The van der Waals surface area contributed by atoms with Crippen LogP contribution in [0.2, 0.25) is 0 Å². The number of aromatic nitrogens is 6. The number of H-pyrrole nitrogens is 1. The van der Waals surface area contributed by atoms with Crippen LogP contribution in [0.25, 0.3) is 33.0 Å². The Morgan fingerprint density at radius 2 is 2.07 bits per heavy atom. The van der Waals surface area contributed by atoms with Crippen LogP contribution in [0, 0.1) is 6.92 Å². The Morgan fingerprint density at radius 3 is 2.83 bits per heavy atom. The van der Waals surface area contributed by atoms with Crippen LogP contribution in [0.1, 0.15) is 16.1 Å². The number of amides is 1. The Morgan fingerprint density at radius 1 is 1.23 bits per heavy atom. The number of hydrogen-bond donors (Lipinski definition) is 2. The number of pyridine rings is 1. The van der Waals surface area contributed by atoms with E-state index >= 15 is 0 Å². The minimum Gasteiger partial charge on any atom is -0.319 e. The number of thiazole rings is 1. The molecule has 0 atom stereocenters. The maximum absolute atomic E-state index is 13.4. The molecule has 1 aromatic carbocycles. The van der Waals surface area contributed by atoms with E-state index in [4.69, 9.17) is 4.98 Å². The highest BCUT2D eigenvalue weighted by atomic mass is 32.1. The minimum atomic E-state index is -0.255. The summed E-state index contributed by atoms with van der Waals surface area (Å²) < 4.78 is 1.70. The number of fused-ring (bicyclic) bond motifs is 1. The van der Waals surface area contributed by atoms with Gasteiger partial charge in [-0.25, -0.2) is 9.97 Å². The maximum Gasteiger partial charge on any atom is 0.256 e. The summed E-state index contributed by atoms with van der Waals surface area (Å²) in [5.74, 6) is -0.255. The Labute approximate surface area is 175 Å². The summed E-state index contributed by atoms with van der Waals surface area (Å²) in [6, 6.07) is 11.6. The van der Waals surface area contributed by atoms with Crippen molar-refractivity contribution in [1.29, 1.82) is 0 Å². The van der Waals surface area contributed by atoms with Crippen LogP contribution in [0.4, 0.5) is 5.69 Å². The zero-order valence-electron chi connectivity index (χ0n) is 16.2. The highest BCUT2D eigenvalue weighted by Gasteiger charge is 2.21. The molecule has 0 radical (unpaired) electrons. The zero-order valence-corrected chi connectivity index (χ0v) is 17.1. The molecule has 0 aliphatic heterocycles. The Bertz CT molecular complexity index is 1350. The van der Waals surface area contributed by atoms with E-state index in [2.05, 4.69) is 25.6 Å². The van der Waals surface area contributed by atoms with Crippen LogP contribution in [0.5, 0.6) is 0 Å². The number of anilines is 1. The Hall–Kier alpha value is -3.85. The molecule has 9 heteroatoms. The molecule has 0 aliphatic carbocycles. The van der Waals surface area contributed by atoms with E-state index < -0.39 is 0 Å². The van der Waals surface area contributed by atoms with Gasteiger partial charge in [0.15, 0.2) is 5.65 Å². The summed E-state index contributed by atoms with van der Waals surface area (Å²) in [7, 11) is 1.83. The molecule has 0 saturated carbocycles. The molecule has 0 bridgehead atoms. The van der Waals surface area contributed by atoms with E-state index in [0.717, 1.165) is 21.7 Å². The van der Waals surface area contributed by atoms with E-state index in [0.29, 0.717) is 28.3 Å². The lowest BCUT2D eigenvalue weighted by Crippen LogP contribution is -2.13. The second kappa shape index (κ2) is 7.20. The molecule has 5 rings (SSSR count). The molecule has 1 amide bonds. The van der Waals surface area contributed by atoms with Crippen molar-refractivity contribution in [2.24, 2.45) is 7.05 Å². The van der Waals surface area contributed by atoms with Crippen LogP contribution < -0.4 is 5.32 Å². The zero-order chi connectivity index (χ0) is 20.7. The van der Waals surface area contributed by atoms with E-state index in [9.17, 15) is 4.79 Å². The van der Waals surface area contributed by atoms with Crippen LogP contribution in [0.15, 0.2) is 54.2 Å². The van der Waals surface area contributed by atoms with Crippen LogP contribution in [-0.4, -0.2) is 35.9 Å². The van der Waals surface area contributed by atoms with Gasteiger partial charge < -0.3 is 5.32 Å². The summed E-state index contributed by atoms with van der Waals surface area (Å²) in [6.07, 6.45) is 3.30. The quantitative estimate of drug-likeness (QED) is 0.461. The molecule has 0 fully saturated rings. The van der Waals surface area contributed by atoms with E-state index in [-0.39, 0.29) is 5.91 Å². The number of carbonyl (C=O) groups excluding carboxylic acids is 1. The summed E-state index contributed by atoms with van der Waals surface area (Å²) >= 11 is 1.47. The Kier molecular flexibility index (Phi) is 4.36. The molecule has 2 N–H and O–H groups in total. The standard InChI is InChI=1S/C21H17N7OS/c1-12-17-14(20(29)25-16-11-23-26-18(16)21-22-8-9-30-21)10-15(13-6-4-3-5-7-13)24-19(17)28(2)27-12/h3-11H,1-2H3,(H,23,26)(H,25,29). The van der Waals surface area contributed by atoms with Gasteiger partial charge in [-0.3, -0.25) is 14.6 Å². The molecule has 148 valence electrons. The number of aromatic amines is 1. The summed E-state index contributed by atoms with van der Waals surface area (Å²) in [5, 5.41) is 17.8. The van der Waals surface area contributed by atoms with Crippen molar-refractivity contribution in [3.63, 3.8) is 0 Å². The van der Waals surface area contributed by atoms with Crippen molar-refractivity contribution in [3.8, 4) is 22.0 Å². The van der Waals surface area contributed by atoms with Gasteiger partial charge in [0.05, 0.1) is 34.2 Å². The average Bonchev–Trinajstić information content (AvgIpc) is 3.49. The normalized spacial score (nSPS) is 11.1. The lowest BCUT2D eigenvalue weighted by atomic mass is 10.0. The largest absolute Gasteiger partial charge is 0.319 e. The van der Waals surface area contributed by atoms with Gasteiger partial charge in [-0.15, -0.1) is 11.3 Å². The van der Waals surface area contributed by atoms with Crippen molar-refractivity contribution < 1.29 is 4.79 Å². The van der Waals surface area contributed by atoms with Gasteiger partial charge in [-0.1, -0.05) is 30.3 Å². The fourth-order valence-electron chi connectivity index (χ4n) is 3.46. The summed E-state index contributed by atoms with van der Waals surface area (Å²) in [5.41, 5.74) is 4.81. The van der Waals surface area contributed by atoms with Crippen LogP contribution >= 0.6 is 11.3 Å². The first-order valence-corrected chi connectivity index (χ1v) is 10.1. The van der Waals surface area contributed by atoms with E-state index in [1.54, 1.807) is 17.1 Å². The topological polar surface area (TPSA) is 101 Å². The van der Waals surface area contributed by atoms with Crippen molar-refractivity contribution in [1.82, 2.24) is 29.9 Å². The molecule has 0 spiro atoms. The maximum atomic E-state index is 13.4. The smallest absolute Gasteiger partial charge is 0.256 e. The molecule has 5 aromatic rings. The fraction of sp³-hybridized carbons (Fsp3) is 0.0952. The number of nitrogens with zero attached hydrogens (tertiary/aromatic N) is 5. The third kappa shape index (κ3) is 3.05. The lowest BCUT2D eigenvalue weighted by molar-refractivity contribution is 0.102. The fourth-order valence-corrected chi connectivity index (χ4v) is 4.11. The number of aryl methyl sites for hydroxylation is 2.